The Morgan fingerprint density at radius 2 is 1.88 bits per heavy atom. The summed E-state index contributed by atoms with van der Waals surface area (Å²) >= 11 is 5.87. The molecule has 0 saturated carbocycles. The van der Waals surface area contributed by atoms with Crippen molar-refractivity contribution in [2.24, 2.45) is 5.16 Å². The zero-order valence-electron chi connectivity index (χ0n) is 8.94. The molecule has 0 aliphatic rings. The summed E-state index contributed by atoms with van der Waals surface area (Å²) in [7, 11) is 2.11. The highest BCUT2D eigenvalue weighted by atomic mass is 35.5. The van der Waals surface area contributed by atoms with Crippen molar-refractivity contribution in [1.29, 1.82) is 0 Å². The first kappa shape index (κ1) is 11.0. The highest BCUT2D eigenvalue weighted by molar-refractivity contribution is 6.70. The number of fused-ring (bicyclic) bond motifs is 1. The molecule has 80 valence electrons. The molecule has 2 nitrogen and oxygen atoms in total. The second-order valence-electron chi connectivity index (χ2n) is 3.56. The molecule has 0 aliphatic heterocycles. The molecule has 0 unspecified atom stereocenters. The Kier molecular flexibility index (Phi) is 3.16. The fourth-order valence-electron chi connectivity index (χ4n) is 1.90. The zero-order valence-corrected chi connectivity index (χ0v) is 9.70. The molecule has 4 heteroatoms. The number of hydrogen-bond acceptors (Lipinski definition) is 2. The minimum absolute atomic E-state index is 0.124. The summed E-state index contributed by atoms with van der Waals surface area (Å²) in [5.41, 5.74) is 2.03. The summed E-state index contributed by atoms with van der Waals surface area (Å²) < 4.78 is 0. The fourth-order valence-corrected chi connectivity index (χ4v) is 2.07. The third kappa shape index (κ3) is 1.79. The molecule has 0 aliphatic carbocycles. The predicted octanol–water partition coefficient (Wildman–Crippen LogP) is 2.35. The lowest BCUT2D eigenvalue weighted by molar-refractivity contribution is 0.321. The van der Waals surface area contributed by atoms with E-state index in [1.54, 1.807) is 0 Å². The van der Waals surface area contributed by atoms with Gasteiger partial charge in [0.25, 0.3) is 0 Å². The van der Waals surface area contributed by atoms with Crippen LogP contribution in [0, 0.1) is 0 Å². The molecule has 0 radical (unpaired) electrons. The number of oxime groups is 1. The predicted molar refractivity (Wildman–Crippen MR) is 70.4 cm³/mol. The Hall–Kier alpha value is -1.48. The SMILES string of the molecule is BCc1ccc(/C(Cl)=N/O)c2ccccc12. The van der Waals surface area contributed by atoms with Crippen molar-refractivity contribution in [3.05, 3.63) is 47.5 Å². The third-order valence-corrected chi connectivity index (χ3v) is 2.98. The molecule has 0 saturated heterocycles. The molecular weight excluding hydrogens is 220 g/mol. The maximum absolute atomic E-state index is 8.73. The lowest BCUT2D eigenvalue weighted by Gasteiger charge is -2.08. The summed E-state index contributed by atoms with van der Waals surface area (Å²) in [5.74, 6) is 0. The van der Waals surface area contributed by atoms with E-state index in [2.05, 4.69) is 19.1 Å². The van der Waals surface area contributed by atoms with Crippen LogP contribution in [0.25, 0.3) is 10.8 Å². The Morgan fingerprint density at radius 1 is 1.19 bits per heavy atom. The largest absolute Gasteiger partial charge is 0.410 e. The third-order valence-electron chi connectivity index (χ3n) is 2.71. The van der Waals surface area contributed by atoms with Crippen molar-refractivity contribution in [3.63, 3.8) is 0 Å². The van der Waals surface area contributed by atoms with Crippen molar-refractivity contribution < 1.29 is 5.21 Å². The van der Waals surface area contributed by atoms with Crippen LogP contribution in [0.5, 0.6) is 0 Å². The van der Waals surface area contributed by atoms with Crippen molar-refractivity contribution in [1.82, 2.24) is 0 Å². The van der Waals surface area contributed by atoms with Crippen LogP contribution >= 0.6 is 11.6 Å². The molecule has 0 bridgehead atoms. The molecule has 16 heavy (non-hydrogen) atoms. The Bertz CT molecular complexity index is 554. The molecule has 2 rings (SSSR count). The first-order valence-electron chi connectivity index (χ1n) is 5.16. The van der Waals surface area contributed by atoms with Gasteiger partial charge in [-0.15, -0.1) is 0 Å². The zero-order chi connectivity index (χ0) is 11.5. The minimum atomic E-state index is 0.124. The summed E-state index contributed by atoms with van der Waals surface area (Å²) in [6, 6.07) is 11.9. The van der Waals surface area contributed by atoms with E-state index in [4.69, 9.17) is 16.8 Å². The normalized spacial score (nSPS) is 11.9. The van der Waals surface area contributed by atoms with Crippen LogP contribution in [0.15, 0.2) is 41.6 Å². The molecule has 0 fully saturated rings. The van der Waals surface area contributed by atoms with E-state index in [0.717, 1.165) is 22.7 Å². The van der Waals surface area contributed by atoms with Crippen LogP contribution in [0.4, 0.5) is 0 Å². The molecule has 2 aromatic rings. The number of benzene rings is 2. The van der Waals surface area contributed by atoms with Crippen molar-refractivity contribution in [2.45, 2.75) is 6.32 Å². The Morgan fingerprint density at radius 3 is 2.50 bits per heavy atom. The first-order chi connectivity index (χ1) is 7.77. The Balaban J connectivity index is 2.79. The van der Waals surface area contributed by atoms with Crippen LogP contribution < -0.4 is 0 Å². The van der Waals surface area contributed by atoms with Gasteiger partial charge in [0, 0.05) is 5.56 Å². The molecule has 0 atom stereocenters. The van der Waals surface area contributed by atoms with Crippen LogP contribution in [-0.4, -0.2) is 18.2 Å². The quantitative estimate of drug-likeness (QED) is 0.366. The monoisotopic (exact) mass is 231 g/mol. The van der Waals surface area contributed by atoms with E-state index in [0.29, 0.717) is 0 Å². The van der Waals surface area contributed by atoms with Crippen LogP contribution in [-0.2, 0) is 6.32 Å². The van der Waals surface area contributed by atoms with E-state index in [1.807, 2.05) is 30.3 Å². The minimum Gasteiger partial charge on any atom is -0.410 e. The first-order valence-corrected chi connectivity index (χ1v) is 5.54. The van der Waals surface area contributed by atoms with E-state index in [-0.39, 0.29) is 5.17 Å². The van der Waals surface area contributed by atoms with Gasteiger partial charge in [-0.1, -0.05) is 59.5 Å². The van der Waals surface area contributed by atoms with E-state index < -0.39 is 0 Å². The highest BCUT2D eigenvalue weighted by Crippen LogP contribution is 2.24. The second kappa shape index (κ2) is 4.58. The number of halogens is 1. The van der Waals surface area contributed by atoms with E-state index >= 15 is 0 Å². The van der Waals surface area contributed by atoms with Gasteiger partial charge in [0.05, 0.1) is 0 Å². The number of hydrogen-bond donors (Lipinski definition) is 1. The number of nitrogens with zero attached hydrogens (tertiary/aromatic N) is 1. The smallest absolute Gasteiger partial charge is 0.175 e. The Labute approximate surface area is 99.9 Å². The van der Waals surface area contributed by atoms with Gasteiger partial charge in [-0.05, 0) is 16.3 Å². The van der Waals surface area contributed by atoms with Gasteiger partial charge in [-0.25, -0.2) is 0 Å². The van der Waals surface area contributed by atoms with E-state index in [1.165, 1.54) is 5.56 Å². The molecule has 0 aromatic heterocycles. The van der Waals surface area contributed by atoms with Gasteiger partial charge in [0.2, 0.25) is 0 Å². The maximum atomic E-state index is 8.73. The van der Waals surface area contributed by atoms with Gasteiger partial charge in [-0.2, -0.15) is 0 Å². The second-order valence-corrected chi connectivity index (χ2v) is 3.92. The van der Waals surface area contributed by atoms with Crippen LogP contribution in [0.2, 0.25) is 0 Å². The lowest BCUT2D eigenvalue weighted by Crippen LogP contribution is -1.96. The van der Waals surface area contributed by atoms with Gasteiger partial charge >= 0.3 is 0 Å². The molecular formula is C12H11BClNO. The van der Waals surface area contributed by atoms with Crippen molar-refractivity contribution >= 4 is 35.4 Å². The molecule has 1 N–H and O–H groups in total. The summed E-state index contributed by atoms with van der Waals surface area (Å²) in [5, 5.41) is 14.1. The standard InChI is InChI=1S/C12H11BClNO/c13-7-8-5-6-11(12(14)15-16)10-4-2-1-3-9(8)10/h1-6,16H,7,13H2/b15-12-. The van der Waals surface area contributed by atoms with Crippen molar-refractivity contribution in [2.75, 3.05) is 0 Å². The maximum Gasteiger partial charge on any atom is 0.175 e. The van der Waals surface area contributed by atoms with Gasteiger partial charge in [0.1, 0.15) is 7.85 Å². The highest BCUT2D eigenvalue weighted by Gasteiger charge is 2.08. The molecule has 0 spiro atoms. The average molecular weight is 231 g/mol. The van der Waals surface area contributed by atoms with Gasteiger partial charge < -0.3 is 5.21 Å². The average Bonchev–Trinajstić information content (AvgIpc) is 2.36. The number of rotatable bonds is 2. The van der Waals surface area contributed by atoms with Gasteiger partial charge in [-0.3, -0.25) is 0 Å². The topological polar surface area (TPSA) is 32.6 Å². The summed E-state index contributed by atoms with van der Waals surface area (Å²) in [6.07, 6.45) is 0.967. The van der Waals surface area contributed by atoms with Crippen LogP contribution in [0.3, 0.4) is 0 Å². The molecule has 2 aromatic carbocycles. The summed E-state index contributed by atoms with van der Waals surface area (Å²) in [4.78, 5) is 0. The summed E-state index contributed by atoms with van der Waals surface area (Å²) in [6.45, 7) is 0. The van der Waals surface area contributed by atoms with Gasteiger partial charge in [0.15, 0.2) is 5.17 Å². The van der Waals surface area contributed by atoms with Crippen molar-refractivity contribution in [3.8, 4) is 0 Å². The fraction of sp³-hybridized carbons (Fsp3) is 0.0833. The van der Waals surface area contributed by atoms with E-state index in [9.17, 15) is 0 Å². The molecule has 0 heterocycles. The molecule has 0 amide bonds. The lowest BCUT2D eigenvalue weighted by atomic mass is 9.91. The van der Waals surface area contributed by atoms with Crippen LogP contribution in [0.1, 0.15) is 11.1 Å².